The molecule has 2 nitrogen and oxygen atoms in total. The molecule has 0 aliphatic carbocycles. The molecule has 0 saturated heterocycles. The molecule has 0 radical (unpaired) electrons. The van der Waals surface area contributed by atoms with Crippen LogP contribution in [0.4, 0.5) is 4.39 Å². The summed E-state index contributed by atoms with van der Waals surface area (Å²) in [5.74, 6) is -0.487. The van der Waals surface area contributed by atoms with Gasteiger partial charge >= 0.3 is 0 Å². The summed E-state index contributed by atoms with van der Waals surface area (Å²) >= 11 is 12.9. The highest BCUT2D eigenvalue weighted by atomic mass is 35.5. The van der Waals surface area contributed by atoms with Gasteiger partial charge in [0.1, 0.15) is 5.82 Å². The van der Waals surface area contributed by atoms with Crippen LogP contribution in [-0.4, -0.2) is 11.7 Å². The molecule has 1 atom stereocenters. The zero-order valence-electron chi connectivity index (χ0n) is 9.87. The van der Waals surface area contributed by atoms with Crippen LogP contribution in [0.2, 0.25) is 9.36 Å². The molecular formula is C13H12Cl2FNOS. The molecule has 0 aliphatic heterocycles. The lowest BCUT2D eigenvalue weighted by atomic mass is 10.1. The normalized spacial score (nSPS) is 12.6. The summed E-state index contributed by atoms with van der Waals surface area (Å²) in [4.78, 5) is 1.05. The summed E-state index contributed by atoms with van der Waals surface area (Å²) in [6.07, 6.45) is 0. The van der Waals surface area contributed by atoms with Crippen LogP contribution in [-0.2, 0) is 6.54 Å². The van der Waals surface area contributed by atoms with Gasteiger partial charge in [0.2, 0.25) is 0 Å². The van der Waals surface area contributed by atoms with E-state index in [1.165, 1.54) is 23.5 Å². The van der Waals surface area contributed by atoms with E-state index in [9.17, 15) is 9.50 Å². The van der Waals surface area contributed by atoms with E-state index in [0.717, 1.165) is 9.21 Å². The zero-order chi connectivity index (χ0) is 13.8. The predicted molar refractivity (Wildman–Crippen MR) is 77.4 cm³/mol. The minimum absolute atomic E-state index is 0.0745. The monoisotopic (exact) mass is 319 g/mol. The van der Waals surface area contributed by atoms with Gasteiger partial charge in [-0.25, -0.2) is 4.39 Å². The summed E-state index contributed by atoms with van der Waals surface area (Å²) in [5, 5.41) is 12.6. The molecule has 2 rings (SSSR count). The zero-order valence-corrected chi connectivity index (χ0v) is 12.2. The van der Waals surface area contributed by atoms with Crippen molar-refractivity contribution in [1.29, 1.82) is 0 Å². The molecule has 1 unspecified atom stereocenters. The summed E-state index contributed by atoms with van der Waals surface area (Å²) in [5.41, 5.74) is 0.659. The number of halogens is 3. The number of benzene rings is 1. The van der Waals surface area contributed by atoms with Crippen LogP contribution in [0, 0.1) is 5.82 Å². The molecule has 2 N–H and O–H groups in total. The molecule has 2 aromatic rings. The third kappa shape index (κ3) is 3.91. The summed E-state index contributed by atoms with van der Waals surface area (Å²) < 4.78 is 14.1. The average Bonchev–Trinajstić information content (AvgIpc) is 2.80. The number of hydrogen-bond donors (Lipinski definition) is 2. The second-order valence-electron chi connectivity index (χ2n) is 4.00. The third-order valence-corrected chi connectivity index (χ3v) is 4.22. The highest BCUT2D eigenvalue weighted by molar-refractivity contribution is 7.16. The fraction of sp³-hybridized carbons (Fsp3) is 0.231. The Morgan fingerprint density at radius 1 is 1.26 bits per heavy atom. The van der Waals surface area contributed by atoms with Gasteiger partial charge in [-0.05, 0) is 29.8 Å². The number of hydrogen-bond acceptors (Lipinski definition) is 3. The van der Waals surface area contributed by atoms with Crippen molar-refractivity contribution in [2.45, 2.75) is 12.6 Å². The maximum Gasteiger partial charge on any atom is 0.142 e. The quantitative estimate of drug-likeness (QED) is 0.872. The molecule has 0 fully saturated rings. The minimum Gasteiger partial charge on any atom is -0.394 e. The van der Waals surface area contributed by atoms with E-state index in [1.807, 2.05) is 12.1 Å². The second-order valence-corrected chi connectivity index (χ2v) is 6.20. The molecule has 0 aliphatic rings. The molecule has 0 spiro atoms. The van der Waals surface area contributed by atoms with Crippen molar-refractivity contribution in [3.63, 3.8) is 0 Å². The lowest BCUT2D eigenvalue weighted by molar-refractivity contribution is 0.243. The largest absolute Gasteiger partial charge is 0.394 e. The third-order valence-electron chi connectivity index (χ3n) is 2.68. The van der Waals surface area contributed by atoms with E-state index >= 15 is 0 Å². The molecule has 0 bridgehead atoms. The second kappa shape index (κ2) is 6.68. The van der Waals surface area contributed by atoms with E-state index in [0.29, 0.717) is 12.1 Å². The van der Waals surface area contributed by atoms with Crippen molar-refractivity contribution in [3.8, 4) is 0 Å². The van der Waals surface area contributed by atoms with Crippen LogP contribution >= 0.6 is 34.5 Å². The van der Waals surface area contributed by atoms with E-state index in [-0.39, 0.29) is 17.7 Å². The minimum atomic E-state index is -0.487. The summed E-state index contributed by atoms with van der Waals surface area (Å²) in [6, 6.07) is 7.90. The number of thiophene rings is 1. The first-order valence-corrected chi connectivity index (χ1v) is 7.21. The molecule has 1 aromatic heterocycles. The average molecular weight is 320 g/mol. The highest BCUT2D eigenvalue weighted by Crippen LogP contribution is 2.23. The number of aliphatic hydroxyl groups is 1. The molecule has 102 valence electrons. The van der Waals surface area contributed by atoms with Gasteiger partial charge in [0.05, 0.1) is 22.0 Å². The molecule has 0 amide bonds. The lowest BCUT2D eigenvalue weighted by Gasteiger charge is -2.16. The Morgan fingerprint density at radius 3 is 2.63 bits per heavy atom. The molecule has 1 aromatic carbocycles. The van der Waals surface area contributed by atoms with Crippen LogP contribution in [0.3, 0.4) is 0 Å². The van der Waals surface area contributed by atoms with E-state index in [2.05, 4.69) is 5.32 Å². The molecule has 0 saturated carbocycles. The van der Waals surface area contributed by atoms with Gasteiger partial charge in [0, 0.05) is 11.4 Å². The van der Waals surface area contributed by atoms with Crippen molar-refractivity contribution in [3.05, 3.63) is 55.9 Å². The Hall–Kier alpha value is -0.650. The maximum absolute atomic E-state index is 13.4. The van der Waals surface area contributed by atoms with Crippen molar-refractivity contribution < 1.29 is 9.50 Å². The first-order chi connectivity index (χ1) is 9.10. The SMILES string of the molecule is OCC(NCc1ccc(Cl)s1)c1ccc(Cl)c(F)c1. The van der Waals surface area contributed by atoms with E-state index in [1.54, 1.807) is 6.07 Å². The van der Waals surface area contributed by atoms with Crippen LogP contribution in [0.15, 0.2) is 30.3 Å². The van der Waals surface area contributed by atoms with Crippen LogP contribution < -0.4 is 5.32 Å². The first-order valence-electron chi connectivity index (χ1n) is 5.63. The fourth-order valence-electron chi connectivity index (χ4n) is 1.69. The topological polar surface area (TPSA) is 32.3 Å². The van der Waals surface area contributed by atoms with Gasteiger partial charge in [-0.2, -0.15) is 0 Å². The highest BCUT2D eigenvalue weighted by Gasteiger charge is 2.12. The lowest BCUT2D eigenvalue weighted by Crippen LogP contribution is -2.23. The van der Waals surface area contributed by atoms with Crippen molar-refractivity contribution in [2.24, 2.45) is 0 Å². The van der Waals surface area contributed by atoms with E-state index < -0.39 is 5.82 Å². The summed E-state index contributed by atoms with van der Waals surface area (Å²) in [6.45, 7) is 0.438. The van der Waals surface area contributed by atoms with Crippen molar-refractivity contribution >= 4 is 34.5 Å². The number of rotatable bonds is 5. The number of nitrogens with one attached hydrogen (secondary N) is 1. The van der Waals surface area contributed by atoms with Crippen molar-refractivity contribution in [1.82, 2.24) is 5.32 Å². The smallest absolute Gasteiger partial charge is 0.142 e. The van der Waals surface area contributed by atoms with Crippen LogP contribution in [0.5, 0.6) is 0 Å². The fourth-order valence-corrected chi connectivity index (χ4v) is 2.84. The molecule has 1 heterocycles. The Kier molecular flexibility index (Phi) is 5.19. The van der Waals surface area contributed by atoms with Gasteiger partial charge in [-0.1, -0.05) is 29.3 Å². The Bertz CT molecular complexity index is 561. The van der Waals surface area contributed by atoms with Gasteiger partial charge in [-0.15, -0.1) is 11.3 Å². The molecular weight excluding hydrogens is 308 g/mol. The van der Waals surface area contributed by atoms with E-state index in [4.69, 9.17) is 23.2 Å². The van der Waals surface area contributed by atoms with Crippen molar-refractivity contribution in [2.75, 3.05) is 6.61 Å². The van der Waals surface area contributed by atoms with Crippen LogP contribution in [0.25, 0.3) is 0 Å². The molecule has 19 heavy (non-hydrogen) atoms. The number of aliphatic hydroxyl groups excluding tert-OH is 1. The van der Waals surface area contributed by atoms with Gasteiger partial charge < -0.3 is 10.4 Å². The molecule has 6 heteroatoms. The Labute approximate surface area is 124 Å². The van der Waals surface area contributed by atoms with Gasteiger partial charge in [-0.3, -0.25) is 0 Å². The Balaban J connectivity index is 2.05. The van der Waals surface area contributed by atoms with Crippen LogP contribution in [0.1, 0.15) is 16.5 Å². The predicted octanol–water partition coefficient (Wildman–Crippen LogP) is 4.02. The van der Waals surface area contributed by atoms with Gasteiger partial charge in [0.25, 0.3) is 0 Å². The maximum atomic E-state index is 13.4. The summed E-state index contributed by atoms with van der Waals surface area (Å²) in [7, 11) is 0. The standard InChI is InChI=1S/C13H12Cl2FNOS/c14-10-3-1-8(5-11(10)16)12(7-18)17-6-9-2-4-13(15)19-9/h1-5,12,17-18H,6-7H2. The first kappa shape index (κ1) is 14.8. The Morgan fingerprint density at radius 2 is 2.05 bits per heavy atom. The van der Waals surface area contributed by atoms with Gasteiger partial charge in [0.15, 0.2) is 0 Å².